The average Bonchev–Trinajstić information content (AvgIpc) is 2.20. The van der Waals surface area contributed by atoms with Crippen LogP contribution in [0.2, 0.25) is 10.0 Å². The van der Waals surface area contributed by atoms with E-state index < -0.39 is 0 Å². The van der Waals surface area contributed by atoms with Crippen molar-refractivity contribution in [3.8, 4) is 0 Å². The quantitative estimate of drug-likeness (QED) is 0.846. The van der Waals surface area contributed by atoms with Gasteiger partial charge in [0.1, 0.15) is 0 Å². The Labute approximate surface area is 107 Å². The smallest absolute Gasteiger partial charge is 0.0823 e. The highest BCUT2D eigenvalue weighted by atomic mass is 35.5. The molecule has 0 atom stereocenters. The average molecular weight is 261 g/mol. The summed E-state index contributed by atoms with van der Waals surface area (Å²) in [6.45, 7) is 5.86. The van der Waals surface area contributed by atoms with E-state index >= 15 is 0 Å². The molecule has 0 aromatic heterocycles. The van der Waals surface area contributed by atoms with E-state index in [0.717, 1.165) is 18.7 Å². The van der Waals surface area contributed by atoms with Gasteiger partial charge in [0.25, 0.3) is 0 Å². The third-order valence-corrected chi connectivity index (χ3v) is 3.35. The van der Waals surface area contributed by atoms with E-state index in [0.29, 0.717) is 16.6 Å². The van der Waals surface area contributed by atoms with Gasteiger partial charge in [-0.15, -0.1) is 0 Å². The highest BCUT2D eigenvalue weighted by Gasteiger charge is 2.17. The van der Waals surface area contributed by atoms with Gasteiger partial charge in [0.15, 0.2) is 0 Å². The van der Waals surface area contributed by atoms with Gasteiger partial charge < -0.3 is 11.1 Å². The number of hydrogen-bond donors (Lipinski definition) is 2. The Hall–Kier alpha value is -0.440. The van der Waals surface area contributed by atoms with Crippen LogP contribution >= 0.6 is 23.2 Å². The Kier molecular flexibility index (Phi) is 4.90. The molecular weight excluding hydrogens is 243 g/mol. The largest absolute Gasteiger partial charge is 0.383 e. The van der Waals surface area contributed by atoms with Crippen LogP contribution in [0.25, 0.3) is 0 Å². The summed E-state index contributed by atoms with van der Waals surface area (Å²) in [7, 11) is 0. The number of benzene rings is 1. The maximum Gasteiger partial charge on any atom is 0.0823 e. The molecule has 16 heavy (non-hydrogen) atoms. The summed E-state index contributed by atoms with van der Waals surface area (Å²) in [5.41, 5.74) is 6.59. The standard InChI is InChI=1S/C12H18Cl2N2/c1-12(2,6-7-15)8-16-10-5-3-4-9(13)11(10)14/h3-5,16H,6-8,15H2,1-2H3. The fourth-order valence-corrected chi connectivity index (χ4v) is 1.82. The summed E-state index contributed by atoms with van der Waals surface area (Å²) in [6.07, 6.45) is 0.970. The predicted octanol–water partition coefficient (Wildman–Crippen LogP) is 3.78. The van der Waals surface area contributed by atoms with Gasteiger partial charge in [-0.05, 0) is 30.5 Å². The number of halogens is 2. The lowest BCUT2D eigenvalue weighted by molar-refractivity contribution is 0.365. The molecule has 0 unspecified atom stereocenters. The van der Waals surface area contributed by atoms with Gasteiger partial charge in [-0.1, -0.05) is 43.1 Å². The number of hydrogen-bond acceptors (Lipinski definition) is 2. The highest BCUT2D eigenvalue weighted by molar-refractivity contribution is 6.43. The summed E-state index contributed by atoms with van der Waals surface area (Å²) in [5.74, 6) is 0. The van der Waals surface area contributed by atoms with Crippen LogP contribution in [0, 0.1) is 5.41 Å². The van der Waals surface area contributed by atoms with E-state index in [4.69, 9.17) is 28.9 Å². The molecule has 0 amide bonds. The molecule has 0 saturated carbocycles. The topological polar surface area (TPSA) is 38.0 Å². The first-order valence-electron chi connectivity index (χ1n) is 5.34. The number of nitrogens with one attached hydrogen (secondary N) is 1. The molecule has 0 fully saturated rings. The summed E-state index contributed by atoms with van der Waals surface area (Å²) < 4.78 is 0. The molecule has 0 heterocycles. The Balaban J connectivity index is 2.64. The lowest BCUT2D eigenvalue weighted by Crippen LogP contribution is -2.26. The van der Waals surface area contributed by atoms with Crippen molar-refractivity contribution >= 4 is 28.9 Å². The van der Waals surface area contributed by atoms with Crippen LogP contribution in [0.15, 0.2) is 18.2 Å². The summed E-state index contributed by atoms with van der Waals surface area (Å²) in [5, 5.41) is 4.46. The second kappa shape index (κ2) is 5.76. The van der Waals surface area contributed by atoms with Gasteiger partial charge in [-0.2, -0.15) is 0 Å². The van der Waals surface area contributed by atoms with Crippen LogP contribution in [0.5, 0.6) is 0 Å². The van der Waals surface area contributed by atoms with Gasteiger partial charge in [0.05, 0.1) is 15.7 Å². The summed E-state index contributed by atoms with van der Waals surface area (Å²) in [6, 6.07) is 5.58. The molecule has 1 aromatic carbocycles. The van der Waals surface area contributed by atoms with Crippen LogP contribution < -0.4 is 11.1 Å². The summed E-state index contributed by atoms with van der Waals surface area (Å²) in [4.78, 5) is 0. The molecule has 0 aliphatic carbocycles. The molecule has 0 bridgehead atoms. The summed E-state index contributed by atoms with van der Waals surface area (Å²) >= 11 is 12.0. The number of anilines is 1. The van der Waals surface area contributed by atoms with Crippen LogP contribution in [-0.4, -0.2) is 13.1 Å². The molecule has 0 spiro atoms. The van der Waals surface area contributed by atoms with E-state index in [1.54, 1.807) is 6.07 Å². The fraction of sp³-hybridized carbons (Fsp3) is 0.500. The van der Waals surface area contributed by atoms with Crippen LogP contribution in [0.4, 0.5) is 5.69 Å². The number of nitrogens with two attached hydrogens (primary N) is 1. The lowest BCUT2D eigenvalue weighted by Gasteiger charge is -2.25. The molecule has 2 nitrogen and oxygen atoms in total. The van der Waals surface area contributed by atoms with Gasteiger partial charge in [0.2, 0.25) is 0 Å². The Morgan fingerprint density at radius 2 is 2.00 bits per heavy atom. The highest BCUT2D eigenvalue weighted by Crippen LogP contribution is 2.30. The van der Waals surface area contributed by atoms with Crippen molar-refractivity contribution in [3.05, 3.63) is 28.2 Å². The zero-order valence-corrected chi connectivity index (χ0v) is 11.2. The second-order valence-corrected chi connectivity index (χ2v) is 5.44. The molecule has 0 saturated heterocycles. The van der Waals surface area contributed by atoms with E-state index in [-0.39, 0.29) is 5.41 Å². The predicted molar refractivity (Wildman–Crippen MR) is 72.4 cm³/mol. The van der Waals surface area contributed by atoms with Gasteiger partial charge in [0, 0.05) is 6.54 Å². The third-order valence-electron chi connectivity index (χ3n) is 2.53. The molecule has 3 N–H and O–H groups in total. The van der Waals surface area contributed by atoms with Crippen molar-refractivity contribution < 1.29 is 0 Å². The Morgan fingerprint density at radius 3 is 2.62 bits per heavy atom. The first kappa shape index (κ1) is 13.6. The normalized spacial score (nSPS) is 11.6. The van der Waals surface area contributed by atoms with E-state index in [1.165, 1.54) is 0 Å². The molecule has 90 valence electrons. The first-order valence-corrected chi connectivity index (χ1v) is 6.10. The maximum atomic E-state index is 6.08. The molecule has 4 heteroatoms. The molecule has 0 aliphatic rings. The van der Waals surface area contributed by atoms with E-state index in [2.05, 4.69) is 19.2 Å². The van der Waals surface area contributed by atoms with Crippen molar-refractivity contribution in [3.63, 3.8) is 0 Å². The second-order valence-electron chi connectivity index (χ2n) is 4.66. The zero-order chi connectivity index (χ0) is 12.2. The van der Waals surface area contributed by atoms with Crippen LogP contribution in [-0.2, 0) is 0 Å². The van der Waals surface area contributed by atoms with Crippen LogP contribution in [0.3, 0.4) is 0 Å². The van der Waals surface area contributed by atoms with E-state index in [9.17, 15) is 0 Å². The zero-order valence-electron chi connectivity index (χ0n) is 9.69. The molecule has 1 rings (SSSR count). The Morgan fingerprint density at radius 1 is 1.31 bits per heavy atom. The third kappa shape index (κ3) is 3.85. The van der Waals surface area contributed by atoms with Gasteiger partial charge >= 0.3 is 0 Å². The van der Waals surface area contributed by atoms with Crippen molar-refractivity contribution in [2.75, 3.05) is 18.4 Å². The van der Waals surface area contributed by atoms with Gasteiger partial charge in [-0.3, -0.25) is 0 Å². The molecular formula is C12H18Cl2N2. The number of rotatable bonds is 5. The van der Waals surface area contributed by atoms with Gasteiger partial charge in [-0.25, -0.2) is 0 Å². The monoisotopic (exact) mass is 260 g/mol. The van der Waals surface area contributed by atoms with E-state index in [1.807, 2.05) is 12.1 Å². The van der Waals surface area contributed by atoms with Crippen molar-refractivity contribution in [1.82, 2.24) is 0 Å². The molecule has 0 aliphatic heterocycles. The minimum atomic E-state index is 0.153. The minimum Gasteiger partial charge on any atom is -0.383 e. The lowest BCUT2D eigenvalue weighted by atomic mass is 9.89. The molecule has 1 aromatic rings. The van der Waals surface area contributed by atoms with Crippen molar-refractivity contribution in [2.24, 2.45) is 11.1 Å². The SMILES string of the molecule is CC(C)(CCN)CNc1cccc(Cl)c1Cl. The Bertz CT molecular complexity index is 351. The van der Waals surface area contributed by atoms with Crippen molar-refractivity contribution in [1.29, 1.82) is 0 Å². The maximum absolute atomic E-state index is 6.08. The minimum absolute atomic E-state index is 0.153. The molecule has 0 radical (unpaired) electrons. The first-order chi connectivity index (χ1) is 7.46. The van der Waals surface area contributed by atoms with Crippen LogP contribution in [0.1, 0.15) is 20.3 Å². The fourth-order valence-electron chi connectivity index (χ4n) is 1.45. The van der Waals surface area contributed by atoms with Crippen molar-refractivity contribution in [2.45, 2.75) is 20.3 Å².